The SMILES string of the molecule is CC(C)CCC[C@H](C)CCOc1cc(C(=O)Nc2cc(N)cc(N)c2)cc(OCC[C@@H](C)CCCC(C)C)c1OCC[C@@H](C)CCCC(C)C. The van der Waals surface area contributed by atoms with Crippen LogP contribution in [-0.2, 0) is 0 Å². The summed E-state index contributed by atoms with van der Waals surface area (Å²) in [4.78, 5) is 13.7. The monoisotopic (exact) mass is 696 g/mol. The van der Waals surface area contributed by atoms with E-state index in [2.05, 4.69) is 67.6 Å². The summed E-state index contributed by atoms with van der Waals surface area (Å²) in [7, 11) is 0. The minimum absolute atomic E-state index is 0.292. The molecule has 0 aliphatic rings. The van der Waals surface area contributed by atoms with E-state index in [1.165, 1.54) is 57.8 Å². The molecule has 0 radical (unpaired) electrons. The first-order valence-corrected chi connectivity index (χ1v) is 19.8. The van der Waals surface area contributed by atoms with Gasteiger partial charge >= 0.3 is 0 Å². The first kappa shape index (κ1) is 43.1. The Balaban J connectivity index is 2.33. The molecular weight excluding hydrogens is 622 g/mol. The van der Waals surface area contributed by atoms with Crippen molar-refractivity contribution in [3.05, 3.63) is 35.9 Å². The van der Waals surface area contributed by atoms with Crippen LogP contribution in [-0.4, -0.2) is 25.7 Å². The predicted molar refractivity (Wildman–Crippen MR) is 214 cm³/mol. The summed E-state index contributed by atoms with van der Waals surface area (Å²) in [6, 6.07) is 8.64. The van der Waals surface area contributed by atoms with E-state index in [1.807, 2.05) is 0 Å². The van der Waals surface area contributed by atoms with Crippen molar-refractivity contribution in [1.82, 2.24) is 0 Å². The van der Waals surface area contributed by atoms with E-state index in [9.17, 15) is 4.79 Å². The van der Waals surface area contributed by atoms with E-state index in [-0.39, 0.29) is 5.91 Å². The number of benzene rings is 2. The standard InChI is InChI=1S/C43H73N3O4/c1-30(2)13-10-16-33(7)19-22-48-40-25-36(43(47)46-39-28-37(44)27-38(45)29-39)26-41(49-23-20-34(8)17-11-14-31(3)4)42(40)50-24-21-35(9)18-12-15-32(5)6/h25-35H,10-24,44-45H2,1-9H3,(H,46,47)/t33-,34-,35-/m0/s1. The van der Waals surface area contributed by atoms with Crippen LogP contribution in [0.15, 0.2) is 30.3 Å². The van der Waals surface area contributed by atoms with E-state index in [0.717, 1.165) is 37.0 Å². The van der Waals surface area contributed by atoms with Crippen LogP contribution >= 0.6 is 0 Å². The van der Waals surface area contributed by atoms with Gasteiger partial charge in [-0.05, 0) is 85.1 Å². The maximum Gasteiger partial charge on any atom is 0.255 e. The van der Waals surface area contributed by atoms with Gasteiger partial charge in [0.2, 0.25) is 5.75 Å². The molecule has 0 saturated carbocycles. The third-order valence-electron chi connectivity index (χ3n) is 9.55. The van der Waals surface area contributed by atoms with E-state index in [1.54, 1.807) is 30.3 Å². The number of hydrogen-bond donors (Lipinski definition) is 3. The highest BCUT2D eigenvalue weighted by molar-refractivity contribution is 6.05. The summed E-state index contributed by atoms with van der Waals surface area (Å²) >= 11 is 0. The second-order valence-corrected chi connectivity index (χ2v) is 16.3. The van der Waals surface area contributed by atoms with Crippen molar-refractivity contribution in [1.29, 1.82) is 0 Å². The highest BCUT2D eigenvalue weighted by Crippen LogP contribution is 2.40. The highest BCUT2D eigenvalue weighted by Gasteiger charge is 2.21. The zero-order valence-corrected chi connectivity index (χ0v) is 33.2. The normalized spacial score (nSPS) is 13.4. The molecule has 0 fully saturated rings. The van der Waals surface area contributed by atoms with Gasteiger partial charge in [0.1, 0.15) is 0 Å². The molecule has 2 rings (SSSR count). The molecule has 1 amide bonds. The molecule has 0 bridgehead atoms. The Kier molecular flexibility index (Phi) is 20.2. The van der Waals surface area contributed by atoms with Gasteiger partial charge in [-0.25, -0.2) is 0 Å². The molecule has 50 heavy (non-hydrogen) atoms. The van der Waals surface area contributed by atoms with Gasteiger partial charge in [-0.1, -0.05) is 120 Å². The zero-order valence-electron chi connectivity index (χ0n) is 33.2. The number of hydrogen-bond acceptors (Lipinski definition) is 6. The van der Waals surface area contributed by atoms with Crippen molar-refractivity contribution in [2.75, 3.05) is 36.6 Å². The Hall–Kier alpha value is -3.09. The van der Waals surface area contributed by atoms with Crippen molar-refractivity contribution in [3.8, 4) is 17.2 Å². The predicted octanol–water partition coefficient (Wildman–Crippen LogP) is 11.8. The number of carbonyl (C=O) groups excluding carboxylic acids is 1. The van der Waals surface area contributed by atoms with E-state index >= 15 is 0 Å². The molecule has 5 N–H and O–H groups in total. The second-order valence-electron chi connectivity index (χ2n) is 16.3. The van der Waals surface area contributed by atoms with Gasteiger partial charge in [-0.2, -0.15) is 0 Å². The molecule has 0 aliphatic heterocycles. The molecule has 0 unspecified atom stereocenters. The lowest BCUT2D eigenvalue weighted by molar-refractivity contribution is 0.102. The zero-order chi connectivity index (χ0) is 37.1. The summed E-state index contributed by atoms with van der Waals surface area (Å²) in [5.41, 5.74) is 14.0. The van der Waals surface area contributed by atoms with Crippen LogP contribution in [0.2, 0.25) is 0 Å². The van der Waals surface area contributed by atoms with Gasteiger partial charge in [-0.3, -0.25) is 4.79 Å². The van der Waals surface area contributed by atoms with Crippen molar-refractivity contribution in [3.63, 3.8) is 0 Å². The fourth-order valence-electron chi connectivity index (χ4n) is 6.18. The molecule has 284 valence electrons. The first-order valence-electron chi connectivity index (χ1n) is 19.8. The van der Waals surface area contributed by atoms with Crippen molar-refractivity contribution in [2.45, 2.75) is 139 Å². The number of nitrogen functional groups attached to an aromatic ring is 2. The van der Waals surface area contributed by atoms with Gasteiger partial charge in [0.05, 0.1) is 19.8 Å². The lowest BCUT2D eigenvalue weighted by atomic mass is 9.97. The quantitative estimate of drug-likeness (QED) is 0.0845. The van der Waals surface area contributed by atoms with Gasteiger partial charge in [0, 0.05) is 22.6 Å². The Labute approximate surface area is 306 Å². The summed E-state index contributed by atoms with van der Waals surface area (Å²) in [5, 5.41) is 2.96. The maximum atomic E-state index is 13.7. The van der Waals surface area contributed by atoms with Crippen LogP contribution in [0, 0.1) is 35.5 Å². The van der Waals surface area contributed by atoms with Gasteiger partial charge in [-0.15, -0.1) is 0 Å². The third-order valence-corrected chi connectivity index (χ3v) is 9.55. The number of anilines is 3. The molecule has 0 aromatic heterocycles. The maximum absolute atomic E-state index is 13.7. The topological polar surface area (TPSA) is 109 Å². The van der Waals surface area contributed by atoms with Crippen molar-refractivity contribution < 1.29 is 19.0 Å². The number of carbonyl (C=O) groups is 1. The number of rotatable bonds is 26. The molecule has 0 heterocycles. The van der Waals surface area contributed by atoms with Crippen LogP contribution < -0.4 is 31.0 Å². The van der Waals surface area contributed by atoms with E-state index in [4.69, 9.17) is 25.7 Å². The van der Waals surface area contributed by atoms with Gasteiger partial charge in [0.15, 0.2) is 11.5 Å². The molecule has 0 saturated heterocycles. The molecule has 7 nitrogen and oxygen atoms in total. The van der Waals surface area contributed by atoms with E-state index in [0.29, 0.717) is 77.4 Å². The molecule has 3 atom stereocenters. The number of amides is 1. The molecular formula is C43H73N3O4. The van der Waals surface area contributed by atoms with Crippen LogP contribution in [0.5, 0.6) is 17.2 Å². The second kappa shape index (κ2) is 23.4. The number of ether oxygens (including phenoxy) is 3. The molecule has 0 aliphatic carbocycles. The molecule has 7 heteroatoms. The van der Waals surface area contributed by atoms with Crippen LogP contribution in [0.4, 0.5) is 17.1 Å². The van der Waals surface area contributed by atoms with E-state index < -0.39 is 0 Å². The van der Waals surface area contributed by atoms with Gasteiger partial charge < -0.3 is 31.0 Å². The Bertz CT molecular complexity index is 1180. The lowest BCUT2D eigenvalue weighted by Crippen LogP contribution is -2.15. The number of nitrogens with one attached hydrogen (secondary N) is 1. The fourth-order valence-corrected chi connectivity index (χ4v) is 6.18. The van der Waals surface area contributed by atoms with Crippen LogP contribution in [0.3, 0.4) is 0 Å². The minimum Gasteiger partial charge on any atom is -0.490 e. The first-order chi connectivity index (χ1) is 23.7. The summed E-state index contributed by atoms with van der Waals surface area (Å²) in [5.74, 6) is 5.18. The molecule has 2 aromatic carbocycles. The van der Waals surface area contributed by atoms with Gasteiger partial charge in [0.25, 0.3) is 5.91 Å². The third kappa shape index (κ3) is 18.2. The Morgan fingerprint density at radius 3 is 1.30 bits per heavy atom. The smallest absolute Gasteiger partial charge is 0.255 e. The number of nitrogens with two attached hydrogens (primary N) is 2. The van der Waals surface area contributed by atoms with Crippen LogP contribution in [0.1, 0.15) is 150 Å². The molecule has 0 spiro atoms. The average molecular weight is 696 g/mol. The minimum atomic E-state index is -0.292. The largest absolute Gasteiger partial charge is 0.490 e. The lowest BCUT2D eigenvalue weighted by Gasteiger charge is -2.21. The Morgan fingerprint density at radius 1 is 0.540 bits per heavy atom. The summed E-state index contributed by atoms with van der Waals surface area (Å²) < 4.78 is 19.5. The summed E-state index contributed by atoms with van der Waals surface area (Å²) in [6.45, 7) is 22.2. The van der Waals surface area contributed by atoms with Crippen LogP contribution in [0.25, 0.3) is 0 Å². The molecule has 2 aromatic rings. The fraction of sp³-hybridized carbons (Fsp3) is 0.698. The average Bonchev–Trinajstić information content (AvgIpc) is 3.00. The van der Waals surface area contributed by atoms with Crippen molar-refractivity contribution in [2.24, 2.45) is 35.5 Å². The highest BCUT2D eigenvalue weighted by atomic mass is 16.5. The van der Waals surface area contributed by atoms with Crippen molar-refractivity contribution >= 4 is 23.0 Å². The summed E-state index contributed by atoms with van der Waals surface area (Å²) in [6.07, 6.45) is 13.7. The Morgan fingerprint density at radius 2 is 0.920 bits per heavy atom.